The number of anilines is 1. The van der Waals surface area contributed by atoms with E-state index in [2.05, 4.69) is 21.2 Å². The Morgan fingerprint density at radius 3 is 2.82 bits per heavy atom. The van der Waals surface area contributed by atoms with Gasteiger partial charge >= 0.3 is 0 Å². The van der Waals surface area contributed by atoms with Crippen LogP contribution in [0.5, 0.6) is 0 Å². The third-order valence-corrected chi connectivity index (χ3v) is 3.85. The number of hydrogen-bond donors (Lipinski definition) is 1. The summed E-state index contributed by atoms with van der Waals surface area (Å²) < 4.78 is 13.6. The molecule has 0 aromatic heterocycles. The molecule has 0 bridgehead atoms. The summed E-state index contributed by atoms with van der Waals surface area (Å²) >= 11 is 3.12. The van der Waals surface area contributed by atoms with Gasteiger partial charge in [0.2, 0.25) is 5.91 Å². The molecule has 1 aromatic rings. The second-order valence-electron chi connectivity index (χ2n) is 4.63. The summed E-state index contributed by atoms with van der Waals surface area (Å²) in [7, 11) is 0. The van der Waals surface area contributed by atoms with E-state index in [1.807, 2.05) is 0 Å². The third kappa shape index (κ3) is 3.06. The number of amides is 1. The second kappa shape index (κ2) is 5.17. The van der Waals surface area contributed by atoms with Crippen molar-refractivity contribution < 1.29 is 9.18 Å². The van der Waals surface area contributed by atoms with Crippen LogP contribution in [0.3, 0.4) is 0 Å². The van der Waals surface area contributed by atoms with Crippen LogP contribution in [0.1, 0.15) is 31.2 Å². The molecular weight excluding hydrogens is 285 g/mol. The fourth-order valence-electron chi connectivity index (χ4n) is 1.94. The molecule has 0 radical (unpaired) electrons. The smallest absolute Gasteiger partial charge is 0.224 e. The molecule has 0 heterocycles. The predicted octanol–water partition coefficient (Wildman–Crippen LogP) is 4.03. The number of hydrogen-bond acceptors (Lipinski definition) is 1. The van der Waals surface area contributed by atoms with Crippen molar-refractivity contribution in [3.63, 3.8) is 0 Å². The molecule has 4 heteroatoms. The normalized spacial score (nSPS) is 15.5. The van der Waals surface area contributed by atoms with E-state index in [-0.39, 0.29) is 11.7 Å². The first kappa shape index (κ1) is 12.6. The van der Waals surface area contributed by atoms with Crippen molar-refractivity contribution in [2.45, 2.75) is 32.6 Å². The van der Waals surface area contributed by atoms with Gasteiger partial charge in [0.15, 0.2) is 0 Å². The van der Waals surface area contributed by atoms with Crippen LogP contribution in [-0.2, 0) is 4.79 Å². The molecule has 1 N–H and O–H groups in total. The summed E-state index contributed by atoms with van der Waals surface area (Å²) in [5.74, 6) is 0.259. The summed E-state index contributed by atoms with van der Waals surface area (Å²) in [4.78, 5) is 11.7. The van der Waals surface area contributed by atoms with Crippen molar-refractivity contribution in [2.24, 2.45) is 5.92 Å². The fraction of sp³-hybridized carbons (Fsp3) is 0.462. The highest BCUT2D eigenvalue weighted by Gasteiger charge is 2.21. The lowest BCUT2D eigenvalue weighted by Crippen LogP contribution is -2.21. The Morgan fingerprint density at radius 1 is 1.53 bits per heavy atom. The zero-order chi connectivity index (χ0) is 12.4. The Labute approximate surface area is 109 Å². The molecule has 17 heavy (non-hydrogen) atoms. The minimum absolute atomic E-state index is 0.0244. The number of aryl methyl sites for hydroxylation is 1. The molecule has 0 atom stereocenters. The second-order valence-corrected chi connectivity index (χ2v) is 5.48. The van der Waals surface area contributed by atoms with E-state index < -0.39 is 0 Å². The highest BCUT2D eigenvalue weighted by molar-refractivity contribution is 9.10. The highest BCUT2D eigenvalue weighted by Crippen LogP contribution is 2.30. The van der Waals surface area contributed by atoms with Gasteiger partial charge in [-0.2, -0.15) is 0 Å². The van der Waals surface area contributed by atoms with Gasteiger partial charge in [0.1, 0.15) is 5.82 Å². The summed E-state index contributed by atoms with van der Waals surface area (Å²) in [6.45, 7) is 1.79. The van der Waals surface area contributed by atoms with Crippen LogP contribution in [-0.4, -0.2) is 5.91 Å². The van der Waals surface area contributed by atoms with E-state index in [4.69, 9.17) is 0 Å². The first-order valence-electron chi connectivity index (χ1n) is 5.82. The predicted molar refractivity (Wildman–Crippen MR) is 69.4 cm³/mol. The van der Waals surface area contributed by atoms with Gasteiger partial charge < -0.3 is 5.32 Å². The van der Waals surface area contributed by atoms with Gasteiger partial charge in [-0.15, -0.1) is 0 Å². The largest absolute Gasteiger partial charge is 0.326 e. The van der Waals surface area contributed by atoms with Crippen LogP contribution in [0.2, 0.25) is 0 Å². The average Bonchev–Trinajstić information content (AvgIpc) is 2.20. The van der Waals surface area contributed by atoms with Crippen LogP contribution in [0.15, 0.2) is 16.6 Å². The molecule has 0 aliphatic heterocycles. The first-order valence-corrected chi connectivity index (χ1v) is 6.61. The van der Waals surface area contributed by atoms with Gasteiger partial charge in [-0.25, -0.2) is 4.39 Å². The molecule has 1 aromatic carbocycles. The minimum atomic E-state index is -0.306. The van der Waals surface area contributed by atoms with Crippen LogP contribution >= 0.6 is 15.9 Å². The van der Waals surface area contributed by atoms with Crippen molar-refractivity contribution in [3.05, 3.63) is 28.0 Å². The maximum Gasteiger partial charge on any atom is 0.224 e. The zero-order valence-electron chi connectivity index (χ0n) is 9.72. The molecule has 1 fully saturated rings. The van der Waals surface area contributed by atoms with Crippen molar-refractivity contribution in [3.8, 4) is 0 Å². The SMILES string of the molecule is Cc1cc(F)c(Br)cc1NC(=O)CC1CCC1. The number of halogens is 2. The Bertz CT molecular complexity index is 443. The van der Waals surface area contributed by atoms with E-state index in [0.29, 0.717) is 22.5 Å². The highest BCUT2D eigenvalue weighted by atomic mass is 79.9. The molecule has 1 aliphatic rings. The van der Waals surface area contributed by atoms with Gasteiger partial charge in [0, 0.05) is 12.1 Å². The quantitative estimate of drug-likeness (QED) is 0.897. The lowest BCUT2D eigenvalue weighted by molar-refractivity contribution is -0.117. The molecule has 92 valence electrons. The number of rotatable bonds is 3. The fourth-order valence-corrected chi connectivity index (χ4v) is 2.28. The average molecular weight is 300 g/mol. The number of nitrogens with one attached hydrogen (secondary N) is 1. The monoisotopic (exact) mass is 299 g/mol. The van der Waals surface area contributed by atoms with Gasteiger partial charge in [0.25, 0.3) is 0 Å². The van der Waals surface area contributed by atoms with Crippen molar-refractivity contribution in [1.82, 2.24) is 0 Å². The Kier molecular flexibility index (Phi) is 3.82. The molecule has 1 aliphatic carbocycles. The van der Waals surface area contributed by atoms with E-state index in [1.54, 1.807) is 13.0 Å². The minimum Gasteiger partial charge on any atom is -0.326 e. The molecule has 1 amide bonds. The molecule has 2 nitrogen and oxygen atoms in total. The lowest BCUT2D eigenvalue weighted by atomic mass is 9.83. The summed E-state index contributed by atoms with van der Waals surface area (Å²) in [6, 6.07) is 3.03. The standard InChI is InChI=1S/C13H15BrFNO/c1-8-5-11(15)10(14)7-12(8)16-13(17)6-9-3-2-4-9/h5,7,9H,2-4,6H2,1H3,(H,16,17). The lowest BCUT2D eigenvalue weighted by Gasteiger charge is -2.24. The van der Waals surface area contributed by atoms with E-state index in [1.165, 1.54) is 12.5 Å². The molecule has 2 rings (SSSR count). The van der Waals surface area contributed by atoms with Gasteiger partial charge in [-0.3, -0.25) is 4.79 Å². The molecule has 1 saturated carbocycles. The number of benzene rings is 1. The Balaban J connectivity index is 2.02. The molecule has 0 saturated heterocycles. The van der Waals surface area contributed by atoms with E-state index in [9.17, 15) is 9.18 Å². The number of carbonyl (C=O) groups excluding carboxylic acids is 1. The summed E-state index contributed by atoms with van der Waals surface area (Å²) in [5, 5.41) is 2.84. The van der Waals surface area contributed by atoms with Crippen LogP contribution < -0.4 is 5.32 Å². The van der Waals surface area contributed by atoms with Crippen LogP contribution in [0.25, 0.3) is 0 Å². The van der Waals surface area contributed by atoms with E-state index in [0.717, 1.165) is 18.4 Å². The third-order valence-electron chi connectivity index (χ3n) is 3.24. The van der Waals surface area contributed by atoms with Gasteiger partial charge in [-0.05, 0) is 59.3 Å². The molecule has 0 spiro atoms. The zero-order valence-corrected chi connectivity index (χ0v) is 11.3. The van der Waals surface area contributed by atoms with Crippen molar-refractivity contribution in [2.75, 3.05) is 5.32 Å². The van der Waals surface area contributed by atoms with E-state index >= 15 is 0 Å². The first-order chi connectivity index (χ1) is 8.06. The summed E-state index contributed by atoms with van der Waals surface area (Å²) in [5.41, 5.74) is 1.43. The van der Waals surface area contributed by atoms with Crippen molar-refractivity contribution in [1.29, 1.82) is 0 Å². The van der Waals surface area contributed by atoms with Crippen LogP contribution in [0, 0.1) is 18.7 Å². The maximum atomic E-state index is 13.2. The van der Waals surface area contributed by atoms with Crippen molar-refractivity contribution >= 4 is 27.5 Å². The molecule has 0 unspecified atom stereocenters. The molecular formula is C13H15BrFNO. The van der Waals surface area contributed by atoms with Gasteiger partial charge in [-0.1, -0.05) is 6.42 Å². The Hall–Kier alpha value is -0.900. The maximum absolute atomic E-state index is 13.2. The summed E-state index contributed by atoms with van der Waals surface area (Å²) in [6.07, 6.45) is 4.12. The topological polar surface area (TPSA) is 29.1 Å². The number of carbonyl (C=O) groups is 1. The Morgan fingerprint density at radius 2 is 2.24 bits per heavy atom. The van der Waals surface area contributed by atoms with Crippen LogP contribution in [0.4, 0.5) is 10.1 Å². The van der Waals surface area contributed by atoms with Gasteiger partial charge in [0.05, 0.1) is 4.47 Å².